The van der Waals surface area contributed by atoms with E-state index in [4.69, 9.17) is 0 Å². The van der Waals surface area contributed by atoms with Crippen LogP contribution in [-0.4, -0.2) is 11.7 Å². The second-order valence-electron chi connectivity index (χ2n) is 5.29. The van der Waals surface area contributed by atoms with Crippen LogP contribution in [-0.2, 0) is 10.5 Å². The molecule has 0 bridgehead atoms. The Balaban J connectivity index is 1.85. The molecular formula is C18H21NOS. The lowest BCUT2D eigenvalue weighted by Crippen LogP contribution is -2.14. The van der Waals surface area contributed by atoms with E-state index in [0.29, 0.717) is 5.75 Å². The Morgan fingerprint density at radius 2 is 1.81 bits per heavy atom. The number of amides is 1. The number of benzene rings is 2. The smallest absolute Gasteiger partial charge is 0.234 e. The highest BCUT2D eigenvalue weighted by Crippen LogP contribution is 2.19. The average molecular weight is 299 g/mol. The average Bonchev–Trinajstić information content (AvgIpc) is 2.45. The largest absolute Gasteiger partial charge is 0.325 e. The van der Waals surface area contributed by atoms with Gasteiger partial charge in [0.2, 0.25) is 5.91 Å². The molecule has 0 spiro atoms. The zero-order chi connectivity index (χ0) is 15.2. The van der Waals surface area contributed by atoms with E-state index in [1.54, 1.807) is 11.8 Å². The molecule has 2 nitrogen and oxygen atoms in total. The summed E-state index contributed by atoms with van der Waals surface area (Å²) in [5.41, 5.74) is 5.84. The molecule has 0 fully saturated rings. The molecule has 1 N–H and O–H groups in total. The number of thioether (sulfide) groups is 1. The Labute approximate surface area is 131 Å². The van der Waals surface area contributed by atoms with Crippen LogP contribution in [0, 0.1) is 20.8 Å². The fourth-order valence-corrected chi connectivity index (χ4v) is 3.00. The minimum absolute atomic E-state index is 0.0552. The van der Waals surface area contributed by atoms with Gasteiger partial charge in [-0.15, -0.1) is 11.8 Å². The normalized spacial score (nSPS) is 10.4. The highest BCUT2D eigenvalue weighted by molar-refractivity contribution is 7.99. The summed E-state index contributed by atoms with van der Waals surface area (Å²) < 4.78 is 0. The van der Waals surface area contributed by atoms with Crippen molar-refractivity contribution in [2.24, 2.45) is 0 Å². The van der Waals surface area contributed by atoms with E-state index in [2.05, 4.69) is 37.4 Å². The number of para-hydroxylation sites is 1. The topological polar surface area (TPSA) is 29.1 Å². The first-order chi connectivity index (χ1) is 10.1. The first-order valence-electron chi connectivity index (χ1n) is 7.05. The van der Waals surface area contributed by atoms with E-state index < -0.39 is 0 Å². The molecule has 0 heterocycles. The summed E-state index contributed by atoms with van der Waals surface area (Å²) in [6.07, 6.45) is 0. The van der Waals surface area contributed by atoms with Gasteiger partial charge in [0.25, 0.3) is 0 Å². The quantitative estimate of drug-likeness (QED) is 0.881. The van der Waals surface area contributed by atoms with Crippen molar-refractivity contribution < 1.29 is 4.79 Å². The van der Waals surface area contributed by atoms with Crippen LogP contribution in [0.5, 0.6) is 0 Å². The molecule has 3 heteroatoms. The molecule has 0 saturated carbocycles. The van der Waals surface area contributed by atoms with Gasteiger partial charge in [-0.1, -0.05) is 42.0 Å². The molecule has 0 aliphatic heterocycles. The number of anilines is 1. The third kappa shape index (κ3) is 4.64. The van der Waals surface area contributed by atoms with Crippen LogP contribution < -0.4 is 5.32 Å². The Morgan fingerprint density at radius 3 is 2.57 bits per heavy atom. The summed E-state index contributed by atoms with van der Waals surface area (Å²) in [4.78, 5) is 12.0. The van der Waals surface area contributed by atoms with Crippen molar-refractivity contribution in [3.05, 3.63) is 64.7 Å². The summed E-state index contributed by atoms with van der Waals surface area (Å²) in [7, 11) is 0. The molecule has 0 aromatic heterocycles. The van der Waals surface area contributed by atoms with Crippen LogP contribution in [0.2, 0.25) is 0 Å². The summed E-state index contributed by atoms with van der Waals surface area (Å²) >= 11 is 1.65. The van der Waals surface area contributed by atoms with Crippen LogP contribution in [0.25, 0.3) is 0 Å². The molecule has 1 amide bonds. The van der Waals surface area contributed by atoms with Gasteiger partial charge in [-0.25, -0.2) is 0 Å². The first-order valence-corrected chi connectivity index (χ1v) is 8.21. The van der Waals surface area contributed by atoms with E-state index in [-0.39, 0.29) is 5.91 Å². The van der Waals surface area contributed by atoms with E-state index in [9.17, 15) is 4.79 Å². The van der Waals surface area contributed by atoms with Gasteiger partial charge in [0, 0.05) is 11.4 Å². The predicted molar refractivity (Wildman–Crippen MR) is 91.9 cm³/mol. The molecule has 0 unspecified atom stereocenters. The number of nitrogens with one attached hydrogen (secondary N) is 1. The monoisotopic (exact) mass is 299 g/mol. The zero-order valence-electron chi connectivity index (χ0n) is 12.8. The van der Waals surface area contributed by atoms with Gasteiger partial charge in [0.05, 0.1) is 5.75 Å². The van der Waals surface area contributed by atoms with Crippen LogP contribution in [0.1, 0.15) is 22.3 Å². The minimum Gasteiger partial charge on any atom is -0.325 e. The van der Waals surface area contributed by atoms with E-state index >= 15 is 0 Å². The molecule has 0 aliphatic carbocycles. The van der Waals surface area contributed by atoms with Gasteiger partial charge in [-0.3, -0.25) is 4.79 Å². The van der Waals surface area contributed by atoms with E-state index in [1.807, 2.05) is 31.2 Å². The number of aryl methyl sites for hydroxylation is 3. The number of hydrogen-bond acceptors (Lipinski definition) is 2. The van der Waals surface area contributed by atoms with Crippen molar-refractivity contribution in [2.45, 2.75) is 26.5 Å². The fourth-order valence-electron chi connectivity index (χ4n) is 2.11. The maximum atomic E-state index is 12.0. The molecule has 2 rings (SSSR count). The summed E-state index contributed by atoms with van der Waals surface area (Å²) in [5, 5.41) is 2.96. The standard InChI is InChI=1S/C18H21NOS/c1-13-8-9-14(2)16(10-13)11-21-12-18(20)19-17-7-5-4-6-15(17)3/h4-10H,11-12H2,1-3H3,(H,19,20). The fraction of sp³-hybridized carbons (Fsp3) is 0.278. The Hall–Kier alpha value is -1.74. The Bertz CT molecular complexity index is 637. The second-order valence-corrected chi connectivity index (χ2v) is 6.27. The van der Waals surface area contributed by atoms with Crippen molar-refractivity contribution in [1.29, 1.82) is 0 Å². The number of carbonyl (C=O) groups is 1. The van der Waals surface area contributed by atoms with Gasteiger partial charge >= 0.3 is 0 Å². The van der Waals surface area contributed by atoms with Crippen LogP contribution in [0.4, 0.5) is 5.69 Å². The first kappa shape index (κ1) is 15.6. The molecule has 0 aliphatic rings. The minimum atomic E-state index is 0.0552. The van der Waals surface area contributed by atoms with Gasteiger partial charge < -0.3 is 5.32 Å². The van der Waals surface area contributed by atoms with Crippen molar-refractivity contribution in [1.82, 2.24) is 0 Å². The maximum absolute atomic E-state index is 12.0. The van der Waals surface area contributed by atoms with Crippen molar-refractivity contribution in [3.8, 4) is 0 Å². The lowest BCUT2D eigenvalue weighted by molar-refractivity contribution is -0.113. The number of hydrogen-bond donors (Lipinski definition) is 1. The summed E-state index contributed by atoms with van der Waals surface area (Å²) in [6.45, 7) is 6.21. The SMILES string of the molecule is Cc1ccc(C)c(CSCC(=O)Nc2ccccc2C)c1. The van der Waals surface area contributed by atoms with Crippen LogP contribution in [0.15, 0.2) is 42.5 Å². The van der Waals surface area contributed by atoms with Gasteiger partial charge in [0.15, 0.2) is 0 Å². The highest BCUT2D eigenvalue weighted by atomic mass is 32.2. The predicted octanol–water partition coefficient (Wildman–Crippen LogP) is 4.48. The van der Waals surface area contributed by atoms with Crippen molar-refractivity contribution in [2.75, 3.05) is 11.1 Å². The zero-order valence-corrected chi connectivity index (χ0v) is 13.6. The lowest BCUT2D eigenvalue weighted by Gasteiger charge is -2.09. The second kappa shape index (κ2) is 7.32. The lowest BCUT2D eigenvalue weighted by atomic mass is 10.1. The highest BCUT2D eigenvalue weighted by Gasteiger charge is 2.05. The third-order valence-electron chi connectivity index (χ3n) is 3.41. The molecule has 110 valence electrons. The van der Waals surface area contributed by atoms with Crippen LogP contribution in [0.3, 0.4) is 0 Å². The molecule has 2 aromatic rings. The maximum Gasteiger partial charge on any atom is 0.234 e. The molecule has 2 aromatic carbocycles. The van der Waals surface area contributed by atoms with Crippen molar-refractivity contribution in [3.63, 3.8) is 0 Å². The van der Waals surface area contributed by atoms with Gasteiger partial charge in [-0.2, -0.15) is 0 Å². The molecular weight excluding hydrogens is 278 g/mol. The number of carbonyl (C=O) groups excluding carboxylic acids is 1. The summed E-state index contributed by atoms with van der Waals surface area (Å²) in [5.74, 6) is 1.40. The Kier molecular flexibility index (Phi) is 5.45. The summed E-state index contributed by atoms with van der Waals surface area (Å²) in [6, 6.07) is 14.3. The Morgan fingerprint density at radius 1 is 1.05 bits per heavy atom. The molecule has 0 atom stereocenters. The van der Waals surface area contributed by atoms with E-state index in [0.717, 1.165) is 17.0 Å². The third-order valence-corrected chi connectivity index (χ3v) is 4.40. The van der Waals surface area contributed by atoms with Crippen LogP contribution >= 0.6 is 11.8 Å². The molecule has 0 saturated heterocycles. The number of rotatable bonds is 5. The van der Waals surface area contributed by atoms with Gasteiger partial charge in [0.1, 0.15) is 0 Å². The van der Waals surface area contributed by atoms with Crippen molar-refractivity contribution >= 4 is 23.4 Å². The molecule has 21 heavy (non-hydrogen) atoms. The molecule has 0 radical (unpaired) electrons. The van der Waals surface area contributed by atoms with E-state index in [1.165, 1.54) is 16.7 Å². The van der Waals surface area contributed by atoms with Gasteiger partial charge in [-0.05, 0) is 43.5 Å².